The number of aromatic nitrogens is 2. The second-order valence-corrected chi connectivity index (χ2v) is 8.24. The van der Waals surface area contributed by atoms with Crippen LogP contribution in [-0.2, 0) is 4.79 Å². The minimum atomic E-state index is 0.00449. The molecular formula is C24H29N3O. The van der Waals surface area contributed by atoms with Crippen LogP contribution in [0.5, 0.6) is 0 Å². The van der Waals surface area contributed by atoms with Gasteiger partial charge in [-0.3, -0.25) is 4.79 Å². The molecule has 0 radical (unpaired) electrons. The zero-order chi connectivity index (χ0) is 19.7. The van der Waals surface area contributed by atoms with E-state index in [4.69, 9.17) is 0 Å². The SMILES string of the molecule is Cc1ccccc1C(CC(=O)N1CCC(C)CC1)c1cnc2c(C)cccn12. The minimum absolute atomic E-state index is 0.00449. The molecule has 0 spiro atoms. The van der Waals surface area contributed by atoms with Crippen molar-refractivity contribution < 1.29 is 4.79 Å². The van der Waals surface area contributed by atoms with Crippen molar-refractivity contribution in [3.63, 3.8) is 0 Å². The molecule has 28 heavy (non-hydrogen) atoms. The van der Waals surface area contributed by atoms with Crippen molar-refractivity contribution >= 4 is 11.6 Å². The van der Waals surface area contributed by atoms with Crippen molar-refractivity contribution in [2.75, 3.05) is 13.1 Å². The van der Waals surface area contributed by atoms with Crippen molar-refractivity contribution in [2.24, 2.45) is 5.92 Å². The first-order valence-electron chi connectivity index (χ1n) is 10.3. The van der Waals surface area contributed by atoms with Crippen LogP contribution in [0.1, 0.15) is 54.5 Å². The van der Waals surface area contributed by atoms with Crippen LogP contribution in [0, 0.1) is 19.8 Å². The first kappa shape index (κ1) is 18.7. The molecule has 4 nitrogen and oxygen atoms in total. The number of imidazole rings is 1. The zero-order valence-corrected chi connectivity index (χ0v) is 17.1. The van der Waals surface area contributed by atoms with E-state index >= 15 is 0 Å². The molecule has 2 aromatic heterocycles. The lowest BCUT2D eigenvalue weighted by molar-refractivity contribution is -0.132. The number of hydrogen-bond acceptors (Lipinski definition) is 2. The van der Waals surface area contributed by atoms with Crippen LogP contribution in [-0.4, -0.2) is 33.3 Å². The lowest BCUT2D eigenvalue weighted by atomic mass is 9.88. The quantitative estimate of drug-likeness (QED) is 0.661. The van der Waals surface area contributed by atoms with E-state index in [-0.39, 0.29) is 11.8 Å². The average Bonchev–Trinajstić information content (AvgIpc) is 3.12. The molecule has 1 fully saturated rings. The molecule has 0 aliphatic carbocycles. The fourth-order valence-electron chi connectivity index (χ4n) is 4.34. The van der Waals surface area contributed by atoms with Crippen LogP contribution in [0.15, 0.2) is 48.8 Å². The number of hydrogen-bond donors (Lipinski definition) is 0. The van der Waals surface area contributed by atoms with Crippen LogP contribution >= 0.6 is 0 Å². The van der Waals surface area contributed by atoms with E-state index in [1.54, 1.807) is 0 Å². The molecule has 0 bridgehead atoms. The van der Waals surface area contributed by atoms with Gasteiger partial charge in [0, 0.05) is 37.8 Å². The summed E-state index contributed by atoms with van der Waals surface area (Å²) in [6.07, 6.45) is 6.71. The number of fused-ring (bicyclic) bond motifs is 1. The predicted molar refractivity (Wildman–Crippen MR) is 113 cm³/mol. The highest BCUT2D eigenvalue weighted by molar-refractivity contribution is 5.78. The number of carbonyl (C=O) groups is 1. The number of likely N-dealkylation sites (tertiary alicyclic amines) is 1. The molecule has 0 saturated carbocycles. The summed E-state index contributed by atoms with van der Waals surface area (Å²) in [4.78, 5) is 19.9. The summed E-state index contributed by atoms with van der Waals surface area (Å²) in [6, 6.07) is 12.5. The number of pyridine rings is 1. The average molecular weight is 376 g/mol. The Balaban J connectivity index is 1.71. The smallest absolute Gasteiger partial charge is 0.223 e. The van der Waals surface area contributed by atoms with Crippen LogP contribution in [0.2, 0.25) is 0 Å². The van der Waals surface area contributed by atoms with Gasteiger partial charge in [0.25, 0.3) is 0 Å². The lowest BCUT2D eigenvalue weighted by Crippen LogP contribution is -2.38. The molecule has 4 rings (SSSR count). The second kappa shape index (κ2) is 7.78. The summed E-state index contributed by atoms with van der Waals surface area (Å²) in [7, 11) is 0. The third-order valence-electron chi connectivity index (χ3n) is 6.20. The fourth-order valence-corrected chi connectivity index (χ4v) is 4.34. The van der Waals surface area contributed by atoms with Gasteiger partial charge < -0.3 is 9.30 Å². The van der Waals surface area contributed by atoms with E-state index in [2.05, 4.69) is 77.7 Å². The number of piperidine rings is 1. The Morgan fingerprint density at radius 1 is 1.11 bits per heavy atom. The van der Waals surface area contributed by atoms with Gasteiger partial charge in [0.15, 0.2) is 0 Å². The molecular weight excluding hydrogens is 346 g/mol. The highest BCUT2D eigenvalue weighted by atomic mass is 16.2. The van der Waals surface area contributed by atoms with Gasteiger partial charge in [0.1, 0.15) is 5.65 Å². The maximum absolute atomic E-state index is 13.2. The number of aryl methyl sites for hydroxylation is 2. The van der Waals surface area contributed by atoms with Crippen LogP contribution in [0.4, 0.5) is 0 Å². The Bertz CT molecular complexity index is 982. The maximum Gasteiger partial charge on any atom is 0.223 e. The number of rotatable bonds is 4. The third kappa shape index (κ3) is 3.56. The van der Waals surface area contributed by atoms with E-state index < -0.39 is 0 Å². The van der Waals surface area contributed by atoms with Crippen molar-refractivity contribution in [3.05, 3.63) is 71.2 Å². The van der Waals surface area contributed by atoms with Gasteiger partial charge in [-0.15, -0.1) is 0 Å². The monoisotopic (exact) mass is 375 g/mol. The molecule has 1 aliphatic heterocycles. The minimum Gasteiger partial charge on any atom is -0.343 e. The highest BCUT2D eigenvalue weighted by Crippen LogP contribution is 2.32. The topological polar surface area (TPSA) is 37.6 Å². The fraction of sp³-hybridized carbons (Fsp3) is 0.417. The molecule has 3 aromatic rings. The van der Waals surface area contributed by atoms with Crippen molar-refractivity contribution in [1.82, 2.24) is 14.3 Å². The van der Waals surface area contributed by atoms with E-state index in [1.807, 2.05) is 6.20 Å². The summed E-state index contributed by atoms with van der Waals surface area (Å²) in [6.45, 7) is 8.25. The van der Waals surface area contributed by atoms with E-state index in [1.165, 1.54) is 11.1 Å². The van der Waals surface area contributed by atoms with E-state index in [0.29, 0.717) is 6.42 Å². The normalized spacial score (nSPS) is 16.5. The molecule has 1 amide bonds. The van der Waals surface area contributed by atoms with Gasteiger partial charge in [-0.1, -0.05) is 37.3 Å². The number of nitrogens with zero attached hydrogens (tertiary/aromatic N) is 3. The largest absolute Gasteiger partial charge is 0.343 e. The molecule has 3 heterocycles. The maximum atomic E-state index is 13.2. The van der Waals surface area contributed by atoms with Crippen molar-refractivity contribution in [2.45, 2.75) is 46.0 Å². The second-order valence-electron chi connectivity index (χ2n) is 8.24. The molecule has 0 N–H and O–H groups in total. The Kier molecular flexibility index (Phi) is 5.21. The van der Waals surface area contributed by atoms with Crippen molar-refractivity contribution in [1.29, 1.82) is 0 Å². The molecule has 1 aromatic carbocycles. The summed E-state index contributed by atoms with van der Waals surface area (Å²) in [5.74, 6) is 0.977. The summed E-state index contributed by atoms with van der Waals surface area (Å²) >= 11 is 0. The van der Waals surface area contributed by atoms with E-state index in [0.717, 1.165) is 48.8 Å². The van der Waals surface area contributed by atoms with E-state index in [9.17, 15) is 4.79 Å². The van der Waals surface area contributed by atoms with Crippen LogP contribution < -0.4 is 0 Å². The molecule has 1 aliphatic rings. The van der Waals surface area contributed by atoms with Crippen molar-refractivity contribution in [3.8, 4) is 0 Å². The molecule has 1 atom stereocenters. The highest BCUT2D eigenvalue weighted by Gasteiger charge is 2.27. The first-order chi connectivity index (χ1) is 13.5. The Labute approximate surface area is 167 Å². The summed E-state index contributed by atoms with van der Waals surface area (Å²) < 4.78 is 2.15. The standard InChI is InChI=1S/C24H29N3O/c1-17-10-13-26(14-11-17)23(28)15-21(20-9-5-4-7-18(20)2)22-16-25-24-19(3)8-6-12-27(22)24/h4-9,12,16-17,21H,10-11,13-15H2,1-3H3. The summed E-state index contributed by atoms with van der Waals surface area (Å²) in [5.41, 5.74) is 5.63. The molecule has 4 heteroatoms. The van der Waals surface area contributed by atoms with Crippen LogP contribution in [0.3, 0.4) is 0 Å². The van der Waals surface area contributed by atoms with Gasteiger partial charge in [-0.25, -0.2) is 4.98 Å². The Morgan fingerprint density at radius 2 is 1.82 bits per heavy atom. The molecule has 1 unspecified atom stereocenters. The Hall–Kier alpha value is -2.62. The van der Waals surface area contributed by atoms with Gasteiger partial charge in [0.2, 0.25) is 5.91 Å². The lowest BCUT2D eigenvalue weighted by Gasteiger charge is -2.31. The Morgan fingerprint density at radius 3 is 2.57 bits per heavy atom. The molecule has 1 saturated heterocycles. The zero-order valence-electron chi connectivity index (χ0n) is 17.1. The third-order valence-corrected chi connectivity index (χ3v) is 6.20. The van der Waals surface area contributed by atoms with Gasteiger partial charge >= 0.3 is 0 Å². The van der Waals surface area contributed by atoms with Gasteiger partial charge in [-0.2, -0.15) is 0 Å². The van der Waals surface area contributed by atoms with Gasteiger partial charge in [0.05, 0.1) is 5.69 Å². The summed E-state index contributed by atoms with van der Waals surface area (Å²) in [5, 5.41) is 0. The molecule has 146 valence electrons. The first-order valence-corrected chi connectivity index (χ1v) is 10.3. The predicted octanol–water partition coefficient (Wildman–Crippen LogP) is 4.73. The number of carbonyl (C=O) groups excluding carboxylic acids is 1. The van der Waals surface area contributed by atoms with Crippen LogP contribution in [0.25, 0.3) is 5.65 Å². The van der Waals surface area contributed by atoms with Gasteiger partial charge in [-0.05, 0) is 55.4 Å². The number of benzene rings is 1. The number of amides is 1.